The number of benzene rings is 1. The number of carbonyl (C=O) groups excluding carboxylic acids is 1. The Hall–Kier alpha value is -3.12. The number of aryl methyl sites for hydroxylation is 1. The number of rotatable bonds is 5. The second-order valence-electron chi connectivity index (χ2n) is 6.22. The van der Waals surface area contributed by atoms with Gasteiger partial charge in [0.25, 0.3) is 5.56 Å². The summed E-state index contributed by atoms with van der Waals surface area (Å²) in [7, 11) is 3.15. The first kappa shape index (κ1) is 20.2. The van der Waals surface area contributed by atoms with Crippen molar-refractivity contribution >= 4 is 49.3 Å². The molecular weight excluding hydrogens is 479 g/mol. The Bertz CT molecular complexity index is 1330. The Morgan fingerprint density at radius 2 is 2.20 bits per heavy atom. The van der Waals surface area contributed by atoms with Crippen LogP contribution < -0.4 is 15.6 Å². The second kappa shape index (κ2) is 7.95. The van der Waals surface area contributed by atoms with Crippen LogP contribution in [0.15, 0.2) is 39.3 Å². The standard InChI is InChI=1S/C18H14BrFN6O3S/c1-25-16-14(15(19)24-25)17(28)26(8-21-16)6-13(27)23-18-22-11(7-30-18)10-5-9(20)3-4-12(10)29-2/h3-5,7-8H,6H2,1-2H3,(H,22,23,27). The molecule has 30 heavy (non-hydrogen) atoms. The Labute approximate surface area is 181 Å². The van der Waals surface area contributed by atoms with E-state index in [4.69, 9.17) is 4.74 Å². The fourth-order valence-electron chi connectivity index (χ4n) is 2.90. The molecule has 0 fully saturated rings. The SMILES string of the molecule is COc1ccc(F)cc1-c1csc(NC(=O)Cn2cnc3c(c(Br)nn3C)c2=O)n1. The fourth-order valence-corrected chi connectivity index (χ4v) is 4.21. The number of methoxy groups -OCH3 is 1. The van der Waals surface area contributed by atoms with Gasteiger partial charge in [-0.05, 0) is 34.1 Å². The summed E-state index contributed by atoms with van der Waals surface area (Å²) in [5.41, 5.74) is 0.962. The third-order valence-electron chi connectivity index (χ3n) is 4.27. The van der Waals surface area contributed by atoms with Crippen LogP contribution in [0, 0.1) is 5.82 Å². The molecule has 0 saturated carbocycles. The number of fused-ring (bicyclic) bond motifs is 1. The van der Waals surface area contributed by atoms with Crippen molar-refractivity contribution in [1.29, 1.82) is 0 Å². The van der Waals surface area contributed by atoms with E-state index in [1.165, 1.54) is 52.2 Å². The van der Waals surface area contributed by atoms with Gasteiger partial charge in [0.05, 0.1) is 12.8 Å². The Kier molecular flexibility index (Phi) is 5.35. The van der Waals surface area contributed by atoms with Gasteiger partial charge in [0.2, 0.25) is 5.91 Å². The molecular formula is C18H14BrFN6O3S. The summed E-state index contributed by atoms with van der Waals surface area (Å²) in [6, 6.07) is 4.11. The minimum Gasteiger partial charge on any atom is -0.496 e. The van der Waals surface area contributed by atoms with E-state index in [1.54, 1.807) is 12.4 Å². The molecule has 12 heteroatoms. The van der Waals surface area contributed by atoms with E-state index in [1.807, 2.05) is 0 Å². The van der Waals surface area contributed by atoms with Crippen LogP contribution in [0.1, 0.15) is 0 Å². The molecule has 4 aromatic rings. The number of halogens is 2. The number of nitrogens with zero attached hydrogens (tertiary/aromatic N) is 5. The molecule has 0 aliphatic carbocycles. The quantitative estimate of drug-likeness (QED) is 0.459. The van der Waals surface area contributed by atoms with Gasteiger partial charge in [0.15, 0.2) is 10.8 Å². The van der Waals surface area contributed by atoms with Gasteiger partial charge < -0.3 is 10.1 Å². The first-order chi connectivity index (χ1) is 14.4. The van der Waals surface area contributed by atoms with Crippen molar-refractivity contribution in [1.82, 2.24) is 24.3 Å². The van der Waals surface area contributed by atoms with E-state index in [-0.39, 0.29) is 12.1 Å². The molecule has 4 rings (SSSR count). The summed E-state index contributed by atoms with van der Waals surface area (Å²) < 4.78 is 21.9. The third kappa shape index (κ3) is 3.71. The summed E-state index contributed by atoms with van der Waals surface area (Å²) in [5.74, 6) is -0.411. The number of hydrogen-bond donors (Lipinski definition) is 1. The lowest BCUT2D eigenvalue weighted by Gasteiger charge is -2.06. The van der Waals surface area contributed by atoms with Gasteiger partial charge in [0.1, 0.15) is 34.4 Å². The lowest BCUT2D eigenvalue weighted by molar-refractivity contribution is -0.116. The van der Waals surface area contributed by atoms with Crippen LogP contribution in [0.4, 0.5) is 9.52 Å². The summed E-state index contributed by atoms with van der Waals surface area (Å²) in [6.07, 6.45) is 1.29. The maximum absolute atomic E-state index is 13.6. The van der Waals surface area contributed by atoms with Crippen molar-refractivity contribution in [3.8, 4) is 17.0 Å². The van der Waals surface area contributed by atoms with E-state index >= 15 is 0 Å². The highest BCUT2D eigenvalue weighted by Gasteiger charge is 2.16. The maximum Gasteiger partial charge on any atom is 0.266 e. The zero-order valence-corrected chi connectivity index (χ0v) is 18.1. The molecule has 0 spiro atoms. The van der Waals surface area contributed by atoms with E-state index in [0.29, 0.717) is 37.8 Å². The minimum atomic E-state index is -0.453. The number of ether oxygens (including phenoxy) is 1. The fraction of sp³-hybridized carbons (Fsp3) is 0.167. The predicted molar refractivity (Wildman–Crippen MR) is 113 cm³/mol. The molecule has 0 atom stereocenters. The van der Waals surface area contributed by atoms with Crippen molar-refractivity contribution in [3.05, 3.63) is 50.7 Å². The van der Waals surface area contributed by atoms with Gasteiger partial charge in [-0.3, -0.25) is 14.2 Å². The number of anilines is 1. The van der Waals surface area contributed by atoms with E-state index in [0.717, 1.165) is 0 Å². The first-order valence-electron chi connectivity index (χ1n) is 8.54. The van der Waals surface area contributed by atoms with Crippen molar-refractivity contribution < 1.29 is 13.9 Å². The molecule has 1 amide bonds. The molecule has 9 nitrogen and oxygen atoms in total. The van der Waals surface area contributed by atoms with Gasteiger partial charge in [0, 0.05) is 18.0 Å². The monoisotopic (exact) mass is 492 g/mol. The smallest absolute Gasteiger partial charge is 0.266 e. The summed E-state index contributed by atoms with van der Waals surface area (Å²) in [5, 5.41) is 9.03. The van der Waals surface area contributed by atoms with Crippen LogP contribution in [0.25, 0.3) is 22.3 Å². The summed E-state index contributed by atoms with van der Waals surface area (Å²) in [6.45, 7) is -0.249. The van der Waals surface area contributed by atoms with E-state index in [2.05, 4.69) is 36.3 Å². The van der Waals surface area contributed by atoms with Gasteiger partial charge in [-0.1, -0.05) is 0 Å². The molecule has 3 heterocycles. The first-order valence-corrected chi connectivity index (χ1v) is 10.2. The van der Waals surface area contributed by atoms with Crippen LogP contribution in [-0.4, -0.2) is 37.3 Å². The third-order valence-corrected chi connectivity index (χ3v) is 5.58. The zero-order valence-electron chi connectivity index (χ0n) is 15.7. The van der Waals surface area contributed by atoms with E-state index in [9.17, 15) is 14.0 Å². The molecule has 0 unspecified atom stereocenters. The number of carbonyl (C=O) groups is 1. The van der Waals surface area contributed by atoms with E-state index < -0.39 is 11.7 Å². The Morgan fingerprint density at radius 1 is 1.40 bits per heavy atom. The molecule has 0 bridgehead atoms. The van der Waals surface area contributed by atoms with Crippen molar-refractivity contribution in [2.24, 2.45) is 7.05 Å². The zero-order chi connectivity index (χ0) is 21.4. The van der Waals surface area contributed by atoms with Gasteiger partial charge in [-0.25, -0.2) is 19.0 Å². The Balaban J connectivity index is 1.54. The number of hydrogen-bond acceptors (Lipinski definition) is 7. The predicted octanol–water partition coefficient (Wildman–Crippen LogP) is 2.80. The normalized spacial score (nSPS) is 11.1. The topological polar surface area (TPSA) is 104 Å². The summed E-state index contributed by atoms with van der Waals surface area (Å²) in [4.78, 5) is 33.6. The van der Waals surface area contributed by atoms with Crippen LogP contribution in [0.5, 0.6) is 5.75 Å². The molecule has 0 radical (unpaired) electrons. The average molecular weight is 493 g/mol. The van der Waals surface area contributed by atoms with Crippen LogP contribution in [0.3, 0.4) is 0 Å². The largest absolute Gasteiger partial charge is 0.496 e. The van der Waals surface area contributed by atoms with Gasteiger partial charge in [-0.2, -0.15) is 5.10 Å². The van der Waals surface area contributed by atoms with Crippen molar-refractivity contribution in [2.45, 2.75) is 6.54 Å². The highest BCUT2D eigenvalue weighted by molar-refractivity contribution is 9.10. The van der Waals surface area contributed by atoms with Crippen LogP contribution >= 0.6 is 27.3 Å². The highest BCUT2D eigenvalue weighted by atomic mass is 79.9. The molecule has 0 saturated heterocycles. The lowest BCUT2D eigenvalue weighted by atomic mass is 10.1. The molecule has 1 N–H and O–H groups in total. The number of nitrogens with one attached hydrogen (secondary N) is 1. The number of aromatic nitrogens is 5. The van der Waals surface area contributed by atoms with Gasteiger partial charge >= 0.3 is 0 Å². The van der Waals surface area contributed by atoms with Crippen molar-refractivity contribution in [2.75, 3.05) is 12.4 Å². The maximum atomic E-state index is 13.6. The highest BCUT2D eigenvalue weighted by Crippen LogP contribution is 2.32. The molecule has 1 aromatic carbocycles. The number of thiazole rings is 1. The van der Waals surface area contributed by atoms with Crippen molar-refractivity contribution in [3.63, 3.8) is 0 Å². The summed E-state index contributed by atoms with van der Waals surface area (Å²) >= 11 is 4.41. The molecule has 154 valence electrons. The molecule has 3 aromatic heterocycles. The molecule has 0 aliphatic heterocycles. The van der Waals surface area contributed by atoms with Crippen LogP contribution in [0.2, 0.25) is 0 Å². The Morgan fingerprint density at radius 3 is 2.97 bits per heavy atom. The average Bonchev–Trinajstić information content (AvgIpc) is 3.28. The lowest BCUT2D eigenvalue weighted by Crippen LogP contribution is -2.28. The van der Waals surface area contributed by atoms with Crippen LogP contribution in [-0.2, 0) is 18.4 Å². The number of amides is 1. The second-order valence-corrected chi connectivity index (χ2v) is 7.83. The molecule has 0 aliphatic rings. The minimum absolute atomic E-state index is 0.249. The van der Waals surface area contributed by atoms with Gasteiger partial charge in [-0.15, -0.1) is 11.3 Å².